The molecule has 0 amide bonds. The molecule has 9 heteroatoms. The monoisotopic (exact) mass is 509 g/mol. The number of aromatic amines is 1. The van der Waals surface area contributed by atoms with Gasteiger partial charge in [-0.3, -0.25) is 9.89 Å². The van der Waals surface area contributed by atoms with Gasteiger partial charge < -0.3 is 19.7 Å². The summed E-state index contributed by atoms with van der Waals surface area (Å²) in [5.41, 5.74) is 3.08. The lowest BCUT2D eigenvalue weighted by molar-refractivity contribution is 0.169. The number of fused-ring (bicyclic) bond motifs is 1. The van der Waals surface area contributed by atoms with Crippen LogP contribution in [-0.4, -0.2) is 70.2 Å². The predicted octanol–water partition coefficient (Wildman–Crippen LogP) is 2.49. The molecule has 2 aromatic heterocycles. The molecular weight excluding hydrogens is 481 g/mol. The number of guanidine groups is 1. The highest BCUT2D eigenvalue weighted by molar-refractivity contribution is 14.0. The van der Waals surface area contributed by atoms with E-state index in [1.165, 1.54) is 0 Å². The first-order valence-corrected chi connectivity index (χ1v) is 9.90. The Morgan fingerprint density at radius 2 is 2.03 bits per heavy atom. The van der Waals surface area contributed by atoms with Crippen molar-refractivity contribution in [3.63, 3.8) is 0 Å². The fraction of sp³-hybridized carbons (Fsp3) is 0.450. The summed E-state index contributed by atoms with van der Waals surface area (Å²) in [6, 6.07) is 10.0. The van der Waals surface area contributed by atoms with Crippen molar-refractivity contribution >= 4 is 41.0 Å². The van der Waals surface area contributed by atoms with Crippen LogP contribution in [-0.2, 0) is 13.0 Å². The van der Waals surface area contributed by atoms with Crippen LogP contribution < -0.4 is 5.32 Å². The Morgan fingerprint density at radius 3 is 2.76 bits per heavy atom. The van der Waals surface area contributed by atoms with E-state index in [0.717, 1.165) is 74.2 Å². The lowest BCUT2D eigenvalue weighted by Crippen LogP contribution is -2.52. The molecule has 0 unspecified atom stereocenters. The molecular formula is C20H28IN7O. The summed E-state index contributed by atoms with van der Waals surface area (Å²) in [6.45, 7) is 8.40. The number of piperazine rings is 1. The number of benzene rings is 1. The third kappa shape index (κ3) is 5.69. The van der Waals surface area contributed by atoms with E-state index in [0.29, 0.717) is 6.54 Å². The van der Waals surface area contributed by atoms with E-state index in [9.17, 15) is 0 Å². The van der Waals surface area contributed by atoms with Crippen molar-refractivity contribution < 1.29 is 4.52 Å². The SMILES string of the molecule is CCNC(=NCCc1nc2ccccc2[nH]1)N1CCN(Cc2ccon2)CC1.I. The minimum absolute atomic E-state index is 0. The Morgan fingerprint density at radius 1 is 1.21 bits per heavy atom. The molecule has 0 atom stereocenters. The standard InChI is InChI=1S/C20H27N7O.HI/c1-2-21-20(22-9-7-19-23-17-5-3-4-6-18(17)24-19)27-12-10-26(11-13-27)15-16-8-14-28-25-16;/h3-6,8,14H,2,7,9-13,15H2,1H3,(H,21,22)(H,23,24);1H. The average molecular weight is 509 g/mol. The smallest absolute Gasteiger partial charge is 0.194 e. The number of H-pyrrole nitrogens is 1. The number of nitrogens with zero attached hydrogens (tertiary/aromatic N) is 5. The Hall–Kier alpha value is -2.14. The molecule has 1 fully saturated rings. The summed E-state index contributed by atoms with van der Waals surface area (Å²) in [5.74, 6) is 1.97. The fourth-order valence-corrected chi connectivity index (χ4v) is 3.48. The maximum Gasteiger partial charge on any atom is 0.194 e. The number of hydrogen-bond acceptors (Lipinski definition) is 5. The number of imidazole rings is 1. The van der Waals surface area contributed by atoms with Crippen molar-refractivity contribution in [1.82, 2.24) is 30.2 Å². The van der Waals surface area contributed by atoms with Gasteiger partial charge in [-0.05, 0) is 19.1 Å². The zero-order chi connectivity index (χ0) is 19.2. The van der Waals surface area contributed by atoms with Crippen LogP contribution in [0.15, 0.2) is 46.1 Å². The summed E-state index contributed by atoms with van der Waals surface area (Å²) in [4.78, 5) is 17.6. The molecule has 0 spiro atoms. The largest absolute Gasteiger partial charge is 0.364 e. The van der Waals surface area contributed by atoms with Crippen molar-refractivity contribution in [3.8, 4) is 0 Å². The van der Waals surface area contributed by atoms with Crippen LogP contribution >= 0.6 is 24.0 Å². The van der Waals surface area contributed by atoms with Gasteiger partial charge in [-0.15, -0.1) is 24.0 Å². The van der Waals surface area contributed by atoms with Gasteiger partial charge in [0.2, 0.25) is 0 Å². The Kier molecular flexibility index (Phi) is 7.87. The number of hydrogen-bond donors (Lipinski definition) is 2. The highest BCUT2D eigenvalue weighted by Crippen LogP contribution is 2.11. The number of rotatable bonds is 6. The second-order valence-corrected chi connectivity index (χ2v) is 6.94. The van der Waals surface area contributed by atoms with Crippen LogP contribution in [0, 0.1) is 0 Å². The van der Waals surface area contributed by atoms with E-state index in [-0.39, 0.29) is 24.0 Å². The van der Waals surface area contributed by atoms with Crippen molar-refractivity contribution in [2.24, 2.45) is 4.99 Å². The highest BCUT2D eigenvalue weighted by Gasteiger charge is 2.20. The zero-order valence-corrected chi connectivity index (χ0v) is 19.0. The van der Waals surface area contributed by atoms with Gasteiger partial charge in [0.25, 0.3) is 0 Å². The maximum absolute atomic E-state index is 4.92. The quantitative estimate of drug-likeness (QED) is 0.302. The van der Waals surface area contributed by atoms with Gasteiger partial charge in [-0.2, -0.15) is 0 Å². The second kappa shape index (κ2) is 10.6. The molecule has 8 nitrogen and oxygen atoms in total. The van der Waals surface area contributed by atoms with Crippen LogP contribution in [0.4, 0.5) is 0 Å². The molecule has 0 aliphatic carbocycles. The molecule has 0 bridgehead atoms. The fourth-order valence-electron chi connectivity index (χ4n) is 3.48. The Bertz CT molecular complexity index is 868. The van der Waals surface area contributed by atoms with Crippen LogP contribution in [0.1, 0.15) is 18.4 Å². The van der Waals surface area contributed by atoms with Gasteiger partial charge in [-0.25, -0.2) is 4.98 Å². The first kappa shape index (κ1) is 21.6. The third-order valence-electron chi connectivity index (χ3n) is 4.93. The normalized spacial score (nSPS) is 15.5. The Labute approximate surface area is 187 Å². The van der Waals surface area contributed by atoms with E-state index in [1.807, 2.05) is 24.3 Å². The molecule has 0 saturated carbocycles. The molecule has 0 radical (unpaired) electrons. The molecule has 3 aromatic rings. The van der Waals surface area contributed by atoms with Gasteiger partial charge in [0.15, 0.2) is 5.96 Å². The lowest BCUT2D eigenvalue weighted by atomic mass is 10.3. The molecule has 29 heavy (non-hydrogen) atoms. The molecule has 3 heterocycles. The molecule has 156 valence electrons. The van der Waals surface area contributed by atoms with Gasteiger partial charge >= 0.3 is 0 Å². The van der Waals surface area contributed by atoms with E-state index >= 15 is 0 Å². The van der Waals surface area contributed by atoms with Crippen LogP contribution in [0.2, 0.25) is 0 Å². The van der Waals surface area contributed by atoms with E-state index in [4.69, 9.17) is 9.52 Å². The van der Waals surface area contributed by atoms with E-state index in [1.54, 1.807) is 6.26 Å². The summed E-state index contributed by atoms with van der Waals surface area (Å²) in [5, 5.41) is 7.43. The van der Waals surface area contributed by atoms with Crippen molar-refractivity contribution in [1.29, 1.82) is 0 Å². The van der Waals surface area contributed by atoms with E-state index in [2.05, 4.69) is 43.2 Å². The van der Waals surface area contributed by atoms with Crippen molar-refractivity contribution in [2.45, 2.75) is 19.9 Å². The predicted molar refractivity (Wildman–Crippen MR) is 125 cm³/mol. The minimum atomic E-state index is 0. The molecule has 4 rings (SSSR count). The van der Waals surface area contributed by atoms with Crippen molar-refractivity contribution in [3.05, 3.63) is 48.1 Å². The van der Waals surface area contributed by atoms with Gasteiger partial charge in [0, 0.05) is 58.3 Å². The molecule has 1 aliphatic heterocycles. The number of para-hydroxylation sites is 2. The van der Waals surface area contributed by atoms with Crippen LogP contribution in [0.25, 0.3) is 11.0 Å². The van der Waals surface area contributed by atoms with Gasteiger partial charge in [-0.1, -0.05) is 17.3 Å². The molecule has 1 aliphatic rings. The highest BCUT2D eigenvalue weighted by atomic mass is 127. The van der Waals surface area contributed by atoms with Crippen LogP contribution in [0.5, 0.6) is 0 Å². The number of nitrogens with one attached hydrogen (secondary N) is 2. The zero-order valence-electron chi connectivity index (χ0n) is 16.7. The number of halogens is 1. The Balaban J connectivity index is 0.00000240. The van der Waals surface area contributed by atoms with Gasteiger partial charge in [0.05, 0.1) is 16.7 Å². The molecule has 2 N–H and O–H groups in total. The topological polar surface area (TPSA) is 85.6 Å². The number of aromatic nitrogens is 3. The van der Waals surface area contributed by atoms with E-state index < -0.39 is 0 Å². The number of aliphatic imine (C=N–C) groups is 1. The summed E-state index contributed by atoms with van der Waals surface area (Å²) in [6.07, 6.45) is 2.43. The lowest BCUT2D eigenvalue weighted by Gasteiger charge is -2.36. The van der Waals surface area contributed by atoms with Crippen LogP contribution in [0.3, 0.4) is 0 Å². The molecule has 1 saturated heterocycles. The average Bonchev–Trinajstić information content (AvgIpc) is 3.37. The first-order valence-electron chi connectivity index (χ1n) is 9.90. The minimum Gasteiger partial charge on any atom is -0.364 e. The molecule has 1 aromatic carbocycles. The maximum atomic E-state index is 4.92. The summed E-state index contributed by atoms with van der Waals surface area (Å²) in [7, 11) is 0. The van der Waals surface area contributed by atoms with Crippen molar-refractivity contribution in [2.75, 3.05) is 39.3 Å². The summed E-state index contributed by atoms with van der Waals surface area (Å²) >= 11 is 0. The summed E-state index contributed by atoms with van der Waals surface area (Å²) < 4.78 is 4.92. The van der Waals surface area contributed by atoms with Gasteiger partial charge in [0.1, 0.15) is 12.1 Å². The third-order valence-corrected chi connectivity index (χ3v) is 4.93. The second-order valence-electron chi connectivity index (χ2n) is 6.94. The first-order chi connectivity index (χ1) is 13.8.